The van der Waals surface area contributed by atoms with Crippen LogP contribution in [0.5, 0.6) is 5.75 Å². The summed E-state index contributed by atoms with van der Waals surface area (Å²) in [4.78, 5) is 23.3. The topological polar surface area (TPSA) is 86.6 Å². The van der Waals surface area contributed by atoms with Gasteiger partial charge in [-0.3, -0.25) is 4.79 Å². The Morgan fingerprint density at radius 2 is 2.00 bits per heavy atom. The lowest BCUT2D eigenvalue weighted by Gasteiger charge is -2.25. The lowest BCUT2D eigenvalue weighted by Crippen LogP contribution is -2.52. The Kier molecular flexibility index (Phi) is 4.53. The lowest BCUT2D eigenvalue weighted by molar-refractivity contribution is -0.144. The predicted molar refractivity (Wildman–Crippen MR) is 71.3 cm³/mol. The number of carbonyl (C=O) groups is 2. The van der Waals surface area contributed by atoms with Gasteiger partial charge < -0.3 is 15.5 Å². The van der Waals surface area contributed by atoms with Gasteiger partial charge in [-0.05, 0) is 44.0 Å². The molecule has 1 aromatic rings. The van der Waals surface area contributed by atoms with E-state index in [1.54, 1.807) is 6.92 Å². The largest absolute Gasteiger partial charge is 0.508 e. The number of phenols is 1. The summed E-state index contributed by atoms with van der Waals surface area (Å²) in [7, 11) is 0. The number of benzene rings is 1. The third-order valence-electron chi connectivity index (χ3n) is 3.07. The summed E-state index contributed by atoms with van der Waals surface area (Å²) in [5, 5.41) is 21.1. The first kappa shape index (κ1) is 15.0. The molecule has 0 spiro atoms. The van der Waals surface area contributed by atoms with Gasteiger partial charge in [0, 0.05) is 5.56 Å². The first-order chi connectivity index (χ1) is 8.80. The van der Waals surface area contributed by atoms with E-state index in [0.717, 1.165) is 0 Å². The van der Waals surface area contributed by atoms with Crippen LogP contribution in [0.3, 0.4) is 0 Å². The van der Waals surface area contributed by atoms with Gasteiger partial charge in [0.05, 0.1) is 0 Å². The summed E-state index contributed by atoms with van der Waals surface area (Å²) in [5.41, 5.74) is -0.378. The highest BCUT2D eigenvalue weighted by Gasteiger charge is 2.34. The van der Waals surface area contributed by atoms with E-state index < -0.39 is 17.4 Å². The molecule has 0 aliphatic heterocycles. The molecule has 0 saturated carbocycles. The normalized spacial score (nSPS) is 13.6. The highest BCUT2D eigenvalue weighted by atomic mass is 16.4. The summed E-state index contributed by atoms with van der Waals surface area (Å²) in [6.07, 6.45) is 1.00. The Morgan fingerprint density at radius 3 is 2.47 bits per heavy atom. The number of aryl methyl sites for hydroxylation is 1. The van der Waals surface area contributed by atoms with E-state index in [1.165, 1.54) is 25.1 Å². The monoisotopic (exact) mass is 265 g/mol. The van der Waals surface area contributed by atoms with Gasteiger partial charge in [-0.25, -0.2) is 4.79 Å². The van der Waals surface area contributed by atoms with Gasteiger partial charge in [0.15, 0.2) is 0 Å². The minimum Gasteiger partial charge on any atom is -0.508 e. The molecule has 1 aromatic carbocycles. The molecule has 1 rings (SSSR count). The third-order valence-corrected chi connectivity index (χ3v) is 3.07. The van der Waals surface area contributed by atoms with Gasteiger partial charge >= 0.3 is 5.97 Å². The number of aliphatic carboxylic acids is 1. The van der Waals surface area contributed by atoms with E-state index in [9.17, 15) is 19.8 Å². The molecule has 5 nitrogen and oxygen atoms in total. The maximum absolute atomic E-state index is 12.0. The minimum absolute atomic E-state index is 0.103. The second kappa shape index (κ2) is 5.73. The minimum atomic E-state index is -1.28. The van der Waals surface area contributed by atoms with Gasteiger partial charge in [0.1, 0.15) is 11.3 Å². The van der Waals surface area contributed by atoms with Crippen LogP contribution in [-0.2, 0) is 4.79 Å². The SMILES string of the molecule is CCCC(C)(NC(=O)c1ccc(O)c(C)c1)C(=O)O. The van der Waals surface area contributed by atoms with Crippen LogP contribution in [0.2, 0.25) is 0 Å². The molecule has 0 fully saturated rings. The van der Waals surface area contributed by atoms with E-state index in [1.807, 2.05) is 6.92 Å². The molecule has 0 heterocycles. The van der Waals surface area contributed by atoms with Crippen molar-refractivity contribution in [1.29, 1.82) is 0 Å². The highest BCUT2D eigenvalue weighted by Crippen LogP contribution is 2.18. The molecular weight excluding hydrogens is 246 g/mol. The average Bonchev–Trinajstić information content (AvgIpc) is 2.32. The van der Waals surface area contributed by atoms with Crippen molar-refractivity contribution in [2.75, 3.05) is 0 Å². The smallest absolute Gasteiger partial charge is 0.329 e. The Labute approximate surface area is 112 Å². The number of hydrogen-bond acceptors (Lipinski definition) is 3. The maximum Gasteiger partial charge on any atom is 0.329 e. The fraction of sp³-hybridized carbons (Fsp3) is 0.429. The van der Waals surface area contributed by atoms with Crippen molar-refractivity contribution in [2.45, 2.75) is 39.2 Å². The van der Waals surface area contributed by atoms with Crippen LogP contribution >= 0.6 is 0 Å². The quantitative estimate of drug-likeness (QED) is 0.760. The molecular formula is C14H19NO4. The standard InChI is InChI=1S/C14H19NO4/c1-4-7-14(3,13(18)19)15-12(17)10-5-6-11(16)9(2)8-10/h5-6,8,16H,4,7H2,1-3H3,(H,15,17)(H,18,19). The van der Waals surface area contributed by atoms with Crippen molar-refractivity contribution >= 4 is 11.9 Å². The first-order valence-electron chi connectivity index (χ1n) is 6.15. The molecule has 1 unspecified atom stereocenters. The second-order valence-electron chi connectivity index (χ2n) is 4.84. The molecule has 0 aliphatic rings. The number of rotatable bonds is 5. The average molecular weight is 265 g/mol. The van der Waals surface area contributed by atoms with Crippen LogP contribution in [0.4, 0.5) is 0 Å². The van der Waals surface area contributed by atoms with E-state index >= 15 is 0 Å². The van der Waals surface area contributed by atoms with Crippen LogP contribution in [-0.4, -0.2) is 27.6 Å². The van der Waals surface area contributed by atoms with Crippen molar-refractivity contribution in [3.63, 3.8) is 0 Å². The fourth-order valence-corrected chi connectivity index (χ4v) is 1.84. The summed E-state index contributed by atoms with van der Waals surface area (Å²) < 4.78 is 0. The zero-order valence-corrected chi connectivity index (χ0v) is 11.4. The van der Waals surface area contributed by atoms with Crippen LogP contribution in [0.15, 0.2) is 18.2 Å². The molecule has 1 atom stereocenters. The van der Waals surface area contributed by atoms with Gasteiger partial charge in [-0.2, -0.15) is 0 Å². The van der Waals surface area contributed by atoms with Crippen LogP contribution in [0.1, 0.15) is 42.6 Å². The summed E-state index contributed by atoms with van der Waals surface area (Å²) in [6.45, 7) is 5.02. The number of carboxylic acid groups (broad SMARTS) is 1. The van der Waals surface area contributed by atoms with Crippen LogP contribution in [0.25, 0.3) is 0 Å². The van der Waals surface area contributed by atoms with Crippen molar-refractivity contribution < 1.29 is 19.8 Å². The Balaban J connectivity index is 2.94. The Bertz CT molecular complexity index is 498. The molecule has 104 valence electrons. The third kappa shape index (κ3) is 3.47. The fourth-order valence-electron chi connectivity index (χ4n) is 1.84. The molecule has 1 amide bonds. The molecule has 0 aliphatic carbocycles. The number of hydrogen-bond donors (Lipinski definition) is 3. The van der Waals surface area contributed by atoms with Crippen LogP contribution in [0, 0.1) is 6.92 Å². The number of nitrogens with one attached hydrogen (secondary N) is 1. The lowest BCUT2D eigenvalue weighted by atomic mass is 9.95. The molecule has 5 heteroatoms. The molecule has 0 aromatic heterocycles. The second-order valence-corrected chi connectivity index (χ2v) is 4.84. The molecule has 0 radical (unpaired) electrons. The zero-order valence-electron chi connectivity index (χ0n) is 11.4. The van der Waals surface area contributed by atoms with Crippen molar-refractivity contribution in [1.82, 2.24) is 5.32 Å². The number of phenolic OH excluding ortho intramolecular Hbond substituents is 1. The summed E-state index contributed by atoms with van der Waals surface area (Å²) in [6, 6.07) is 4.41. The van der Waals surface area contributed by atoms with E-state index in [0.29, 0.717) is 24.0 Å². The highest BCUT2D eigenvalue weighted by molar-refractivity contribution is 5.98. The van der Waals surface area contributed by atoms with Crippen molar-refractivity contribution in [3.8, 4) is 5.75 Å². The van der Waals surface area contributed by atoms with Crippen molar-refractivity contribution in [3.05, 3.63) is 29.3 Å². The molecule has 0 bridgehead atoms. The first-order valence-corrected chi connectivity index (χ1v) is 6.15. The maximum atomic E-state index is 12.0. The number of carbonyl (C=O) groups excluding carboxylic acids is 1. The van der Waals surface area contributed by atoms with Gasteiger partial charge in [0.25, 0.3) is 5.91 Å². The van der Waals surface area contributed by atoms with E-state index in [-0.39, 0.29) is 5.75 Å². The number of carboxylic acids is 1. The number of aromatic hydroxyl groups is 1. The molecule has 3 N–H and O–H groups in total. The number of amides is 1. The Morgan fingerprint density at radius 1 is 1.37 bits per heavy atom. The predicted octanol–water partition coefficient (Wildman–Crippen LogP) is 2.07. The Hall–Kier alpha value is -2.04. The van der Waals surface area contributed by atoms with Gasteiger partial charge in [-0.15, -0.1) is 0 Å². The van der Waals surface area contributed by atoms with Crippen LogP contribution < -0.4 is 5.32 Å². The van der Waals surface area contributed by atoms with Crippen molar-refractivity contribution in [2.24, 2.45) is 0 Å². The van der Waals surface area contributed by atoms with E-state index in [4.69, 9.17) is 0 Å². The zero-order chi connectivity index (χ0) is 14.6. The van der Waals surface area contributed by atoms with Gasteiger partial charge in [0.2, 0.25) is 0 Å². The molecule has 0 saturated heterocycles. The molecule has 19 heavy (non-hydrogen) atoms. The van der Waals surface area contributed by atoms with E-state index in [2.05, 4.69) is 5.32 Å². The van der Waals surface area contributed by atoms with Gasteiger partial charge in [-0.1, -0.05) is 13.3 Å². The summed E-state index contributed by atoms with van der Waals surface area (Å²) >= 11 is 0. The summed E-state index contributed by atoms with van der Waals surface area (Å²) in [5.74, 6) is -1.41.